The van der Waals surface area contributed by atoms with Crippen molar-refractivity contribution in [1.82, 2.24) is 5.32 Å². The van der Waals surface area contributed by atoms with Gasteiger partial charge in [-0.2, -0.15) is 0 Å². The largest absolute Gasteiger partial charge is 0.494 e. The van der Waals surface area contributed by atoms with Crippen LogP contribution in [0.25, 0.3) is 0 Å². The van der Waals surface area contributed by atoms with Crippen molar-refractivity contribution in [3.8, 4) is 11.5 Å². The summed E-state index contributed by atoms with van der Waals surface area (Å²) < 4.78 is 11.3. The average Bonchev–Trinajstić information content (AvgIpc) is 2.52. The van der Waals surface area contributed by atoms with Crippen LogP contribution in [0.4, 0.5) is 0 Å². The Morgan fingerprint density at radius 2 is 1.71 bits per heavy atom. The standard InChI is InChI=1S/C15H23NO2.ClH.N2/c1-3-17-13-5-6-15(18-4-2)14(11-13)12-7-9-16-10-8-12;;1-2/h5-6,11-12,16H,3-4,7-10H2,1-2H3;1H;. The number of rotatable bonds is 5. The number of hydrogen-bond donors (Lipinski definition) is 1. The number of benzene rings is 1. The Bertz CT molecular complexity index is 421. The fourth-order valence-electron chi connectivity index (χ4n) is 2.52. The zero-order valence-corrected chi connectivity index (χ0v) is 13.5. The summed E-state index contributed by atoms with van der Waals surface area (Å²) in [5.41, 5.74) is 1.31. The first-order valence-electron chi connectivity index (χ1n) is 7.15. The molecule has 1 saturated heterocycles. The van der Waals surface area contributed by atoms with E-state index in [1.165, 1.54) is 18.4 Å². The third-order valence-electron chi connectivity index (χ3n) is 3.37. The van der Waals surface area contributed by atoms with Gasteiger partial charge in [-0.15, -0.1) is 12.4 Å². The van der Waals surface area contributed by atoms with Crippen molar-refractivity contribution in [2.24, 2.45) is 0 Å². The van der Waals surface area contributed by atoms with Crippen LogP contribution in [0.2, 0.25) is 0 Å². The molecule has 1 aliphatic heterocycles. The third-order valence-corrected chi connectivity index (χ3v) is 3.37. The van der Waals surface area contributed by atoms with E-state index in [0.29, 0.717) is 19.1 Å². The van der Waals surface area contributed by atoms with Crippen molar-refractivity contribution in [3.05, 3.63) is 23.8 Å². The molecule has 118 valence electrons. The molecule has 0 aliphatic carbocycles. The van der Waals surface area contributed by atoms with E-state index in [9.17, 15) is 0 Å². The number of ether oxygens (including phenoxy) is 2. The fraction of sp³-hybridized carbons (Fsp3) is 0.600. The van der Waals surface area contributed by atoms with Gasteiger partial charge in [-0.1, -0.05) is 0 Å². The lowest BCUT2D eigenvalue weighted by Gasteiger charge is -2.25. The van der Waals surface area contributed by atoms with E-state index in [1.807, 2.05) is 26.0 Å². The lowest BCUT2D eigenvalue weighted by Crippen LogP contribution is -2.26. The van der Waals surface area contributed by atoms with Gasteiger partial charge >= 0.3 is 0 Å². The van der Waals surface area contributed by atoms with Gasteiger partial charge in [0.2, 0.25) is 0 Å². The van der Waals surface area contributed by atoms with Crippen molar-refractivity contribution in [3.63, 3.8) is 0 Å². The molecule has 1 N–H and O–H groups in total. The molecule has 1 aromatic rings. The molecule has 1 fully saturated rings. The summed E-state index contributed by atoms with van der Waals surface area (Å²) in [4.78, 5) is 0. The van der Waals surface area contributed by atoms with E-state index >= 15 is 0 Å². The van der Waals surface area contributed by atoms with Gasteiger partial charge in [0, 0.05) is 16.3 Å². The van der Waals surface area contributed by atoms with Crippen molar-refractivity contribution < 1.29 is 9.47 Å². The second-order valence-electron chi connectivity index (χ2n) is 4.59. The highest BCUT2D eigenvalue weighted by Gasteiger charge is 2.19. The average molecular weight is 314 g/mol. The Morgan fingerprint density at radius 1 is 1.10 bits per heavy atom. The predicted molar refractivity (Wildman–Crippen MR) is 84.3 cm³/mol. The zero-order chi connectivity index (χ0) is 14.8. The lowest BCUT2D eigenvalue weighted by atomic mass is 9.89. The summed E-state index contributed by atoms with van der Waals surface area (Å²) >= 11 is 0. The molecule has 0 aromatic heterocycles. The Kier molecular flexibility index (Phi) is 10.4. The maximum Gasteiger partial charge on any atom is 0.123 e. The van der Waals surface area contributed by atoms with E-state index in [-0.39, 0.29) is 12.4 Å². The highest BCUT2D eigenvalue weighted by atomic mass is 35.5. The molecule has 1 aliphatic rings. The second kappa shape index (κ2) is 11.2. The van der Waals surface area contributed by atoms with Crippen LogP contribution in [0.1, 0.15) is 38.2 Å². The van der Waals surface area contributed by atoms with Gasteiger partial charge in [0.25, 0.3) is 0 Å². The lowest BCUT2D eigenvalue weighted by molar-refractivity contribution is 0.321. The minimum atomic E-state index is 0. The van der Waals surface area contributed by atoms with Gasteiger partial charge in [-0.05, 0) is 63.9 Å². The second-order valence-corrected chi connectivity index (χ2v) is 4.59. The van der Waals surface area contributed by atoms with Gasteiger partial charge in [-0.25, -0.2) is 0 Å². The minimum Gasteiger partial charge on any atom is -0.494 e. The number of nitrogens with one attached hydrogen (secondary N) is 1. The Balaban J connectivity index is 0.00000128. The van der Waals surface area contributed by atoms with Crippen molar-refractivity contribution in [2.75, 3.05) is 26.3 Å². The van der Waals surface area contributed by atoms with E-state index in [1.54, 1.807) is 0 Å². The van der Waals surface area contributed by atoms with Crippen LogP contribution in [0.15, 0.2) is 18.2 Å². The topological polar surface area (TPSA) is 78.1 Å². The van der Waals surface area contributed by atoms with Crippen molar-refractivity contribution in [1.29, 1.82) is 10.8 Å². The normalized spacial score (nSPS) is 14.3. The van der Waals surface area contributed by atoms with Gasteiger partial charge in [0.1, 0.15) is 11.5 Å². The van der Waals surface area contributed by atoms with E-state index in [2.05, 4.69) is 11.4 Å². The Labute approximate surface area is 132 Å². The summed E-state index contributed by atoms with van der Waals surface area (Å²) in [5, 5.41) is 15.4. The van der Waals surface area contributed by atoms with E-state index < -0.39 is 0 Å². The van der Waals surface area contributed by atoms with Gasteiger partial charge < -0.3 is 14.8 Å². The van der Waals surface area contributed by atoms with E-state index in [0.717, 1.165) is 24.6 Å². The van der Waals surface area contributed by atoms with Crippen molar-refractivity contribution >= 4 is 12.4 Å². The number of halogens is 1. The van der Waals surface area contributed by atoms with Crippen LogP contribution in [-0.2, 0) is 0 Å². The maximum absolute atomic E-state index is 6.00. The van der Waals surface area contributed by atoms with Gasteiger partial charge in [0.15, 0.2) is 0 Å². The predicted octanol–water partition coefficient (Wildman–Crippen LogP) is 3.40. The highest BCUT2D eigenvalue weighted by molar-refractivity contribution is 5.85. The molecule has 0 saturated carbocycles. The highest BCUT2D eigenvalue weighted by Crippen LogP contribution is 2.35. The quantitative estimate of drug-likeness (QED) is 0.843. The monoisotopic (exact) mass is 313 g/mol. The molecule has 21 heavy (non-hydrogen) atoms. The molecule has 1 aromatic carbocycles. The van der Waals surface area contributed by atoms with Crippen LogP contribution in [-0.4, -0.2) is 26.3 Å². The first kappa shape index (κ1) is 19.5. The molecule has 2 rings (SSSR count). The van der Waals surface area contributed by atoms with Gasteiger partial charge in [-0.3, -0.25) is 0 Å². The Morgan fingerprint density at radius 3 is 2.29 bits per heavy atom. The SMILES string of the molecule is CCOc1ccc(OCC)c(C2CCNCC2)c1.Cl.N#N. The summed E-state index contributed by atoms with van der Waals surface area (Å²) in [6, 6.07) is 6.20. The van der Waals surface area contributed by atoms with Crippen LogP contribution in [0.3, 0.4) is 0 Å². The Hall–Kier alpha value is -1.51. The van der Waals surface area contributed by atoms with Crippen molar-refractivity contribution in [2.45, 2.75) is 32.6 Å². The molecular formula is C15H24ClN3O2. The minimum absolute atomic E-state index is 0. The fourth-order valence-corrected chi connectivity index (χ4v) is 2.52. The summed E-state index contributed by atoms with van der Waals surface area (Å²) in [6.45, 7) is 7.65. The molecule has 5 nitrogen and oxygen atoms in total. The smallest absolute Gasteiger partial charge is 0.123 e. The molecule has 0 unspecified atom stereocenters. The third kappa shape index (κ3) is 5.78. The molecule has 0 amide bonds. The first-order chi connectivity index (χ1) is 9.85. The maximum atomic E-state index is 6.00. The summed E-state index contributed by atoms with van der Waals surface area (Å²) in [6.07, 6.45) is 2.35. The number of nitrogens with zero attached hydrogens (tertiary/aromatic N) is 2. The zero-order valence-electron chi connectivity index (χ0n) is 12.7. The molecule has 0 spiro atoms. The molecule has 1 heterocycles. The molecule has 0 bridgehead atoms. The van der Waals surface area contributed by atoms with Crippen LogP contribution < -0.4 is 14.8 Å². The van der Waals surface area contributed by atoms with Crippen LogP contribution in [0, 0.1) is 10.8 Å². The molecular weight excluding hydrogens is 290 g/mol. The summed E-state index contributed by atoms with van der Waals surface area (Å²) in [7, 11) is 0. The molecule has 0 radical (unpaired) electrons. The summed E-state index contributed by atoms with van der Waals surface area (Å²) in [5.74, 6) is 2.57. The van der Waals surface area contributed by atoms with Crippen LogP contribution >= 0.6 is 12.4 Å². The number of piperidine rings is 1. The first-order valence-corrected chi connectivity index (χ1v) is 7.15. The van der Waals surface area contributed by atoms with Crippen LogP contribution in [0.5, 0.6) is 11.5 Å². The molecule has 0 atom stereocenters. The van der Waals surface area contributed by atoms with E-state index in [4.69, 9.17) is 20.3 Å². The number of hydrogen-bond acceptors (Lipinski definition) is 5. The molecule has 6 heteroatoms. The van der Waals surface area contributed by atoms with Gasteiger partial charge in [0.05, 0.1) is 13.2 Å².